The van der Waals surface area contributed by atoms with Crippen molar-refractivity contribution in [3.8, 4) is 12.1 Å². The monoisotopic (exact) mass is 306 g/mol. The molecule has 0 heterocycles. The summed E-state index contributed by atoms with van der Waals surface area (Å²) in [5.74, 6) is -0.533. The van der Waals surface area contributed by atoms with E-state index in [9.17, 15) is 14.9 Å². The van der Waals surface area contributed by atoms with Crippen molar-refractivity contribution >= 4 is 23.2 Å². The van der Waals surface area contributed by atoms with E-state index < -0.39 is 10.8 Å². The second kappa shape index (κ2) is 7.83. The average Bonchev–Trinajstić information content (AvgIpc) is 2.46. The minimum absolute atomic E-state index is 0.0123. The van der Waals surface area contributed by atoms with E-state index in [2.05, 4.69) is 0 Å². The van der Waals surface area contributed by atoms with Crippen LogP contribution in [0.2, 0.25) is 5.02 Å². The first-order valence-electron chi connectivity index (χ1n) is 5.99. The fourth-order valence-electron chi connectivity index (χ4n) is 1.68. The van der Waals surface area contributed by atoms with Crippen molar-refractivity contribution < 1.29 is 9.72 Å². The minimum atomic E-state index is -0.673. The largest absolute Gasteiger partial charge is 0.337 e. The fourth-order valence-corrected chi connectivity index (χ4v) is 1.96. The van der Waals surface area contributed by atoms with Crippen molar-refractivity contribution in [2.45, 2.75) is 12.8 Å². The Morgan fingerprint density at radius 1 is 1.29 bits per heavy atom. The quantitative estimate of drug-likeness (QED) is 0.592. The van der Waals surface area contributed by atoms with E-state index in [4.69, 9.17) is 22.1 Å². The Kier molecular flexibility index (Phi) is 6.12. The molecule has 1 aromatic rings. The first-order chi connectivity index (χ1) is 10.0. The van der Waals surface area contributed by atoms with Crippen LogP contribution < -0.4 is 0 Å². The summed E-state index contributed by atoms with van der Waals surface area (Å²) in [6.07, 6.45) is 0.202. The smallest absolute Gasteiger partial charge is 0.288 e. The highest BCUT2D eigenvalue weighted by Crippen LogP contribution is 2.28. The van der Waals surface area contributed by atoms with E-state index in [-0.39, 0.29) is 42.2 Å². The molecule has 0 radical (unpaired) electrons. The van der Waals surface area contributed by atoms with Gasteiger partial charge in [-0.05, 0) is 6.07 Å². The molecular formula is C13H11ClN4O3. The Balaban J connectivity index is 3.09. The van der Waals surface area contributed by atoms with Crippen LogP contribution in [0.25, 0.3) is 0 Å². The Morgan fingerprint density at radius 2 is 1.86 bits per heavy atom. The number of amides is 1. The van der Waals surface area contributed by atoms with Gasteiger partial charge in [0, 0.05) is 19.2 Å². The number of benzene rings is 1. The van der Waals surface area contributed by atoms with Crippen LogP contribution in [0.15, 0.2) is 18.2 Å². The Hall–Kier alpha value is -2.64. The van der Waals surface area contributed by atoms with Gasteiger partial charge >= 0.3 is 0 Å². The third-order valence-electron chi connectivity index (χ3n) is 2.68. The molecule has 1 amide bonds. The van der Waals surface area contributed by atoms with E-state index >= 15 is 0 Å². The van der Waals surface area contributed by atoms with Gasteiger partial charge in [0.15, 0.2) is 0 Å². The maximum absolute atomic E-state index is 12.4. The minimum Gasteiger partial charge on any atom is -0.337 e. The second-order valence-electron chi connectivity index (χ2n) is 4.00. The molecule has 7 nitrogen and oxygen atoms in total. The zero-order valence-electron chi connectivity index (χ0n) is 11.0. The van der Waals surface area contributed by atoms with Crippen LogP contribution in [-0.4, -0.2) is 28.8 Å². The molecule has 0 bridgehead atoms. The highest BCUT2D eigenvalue weighted by atomic mass is 35.5. The fraction of sp³-hybridized carbons (Fsp3) is 0.308. The molecule has 0 fully saturated rings. The number of nitriles is 2. The number of hydrogen-bond acceptors (Lipinski definition) is 5. The molecule has 21 heavy (non-hydrogen) atoms. The maximum atomic E-state index is 12.4. The molecular weight excluding hydrogens is 296 g/mol. The summed E-state index contributed by atoms with van der Waals surface area (Å²) in [4.78, 5) is 23.8. The molecule has 0 spiro atoms. The molecule has 108 valence electrons. The van der Waals surface area contributed by atoms with Gasteiger partial charge in [0.25, 0.3) is 11.6 Å². The predicted molar refractivity (Wildman–Crippen MR) is 74.5 cm³/mol. The third-order valence-corrected chi connectivity index (χ3v) is 3.08. The zero-order valence-corrected chi connectivity index (χ0v) is 11.7. The molecule has 0 aliphatic carbocycles. The number of carbonyl (C=O) groups excluding carboxylic acids is 1. The summed E-state index contributed by atoms with van der Waals surface area (Å²) in [5, 5.41) is 27.8. The van der Waals surface area contributed by atoms with E-state index in [0.29, 0.717) is 0 Å². The summed E-state index contributed by atoms with van der Waals surface area (Å²) in [5.41, 5.74) is -0.371. The molecule has 0 saturated carbocycles. The Morgan fingerprint density at radius 3 is 2.33 bits per heavy atom. The van der Waals surface area contributed by atoms with Crippen LogP contribution in [0.3, 0.4) is 0 Å². The van der Waals surface area contributed by atoms with Gasteiger partial charge in [-0.1, -0.05) is 17.7 Å². The molecule has 0 aromatic heterocycles. The number of hydrogen-bond donors (Lipinski definition) is 0. The summed E-state index contributed by atoms with van der Waals surface area (Å²) < 4.78 is 0. The molecule has 0 N–H and O–H groups in total. The van der Waals surface area contributed by atoms with Gasteiger partial charge in [0.1, 0.15) is 5.02 Å². The number of carbonyl (C=O) groups is 1. The molecule has 1 aromatic carbocycles. The standard InChI is InChI=1S/C13H11ClN4O3/c14-12-10(4-1-5-11(12)18(20)21)13(19)17(8-2-6-15)9-3-7-16/h1,4-5H,2-3,8-9H2. The van der Waals surface area contributed by atoms with Crippen molar-refractivity contribution in [3.05, 3.63) is 38.9 Å². The summed E-state index contributed by atoms with van der Waals surface area (Å²) in [6, 6.07) is 7.76. The lowest BCUT2D eigenvalue weighted by Crippen LogP contribution is -2.33. The van der Waals surface area contributed by atoms with E-state index in [1.807, 2.05) is 12.1 Å². The Labute approximate surface area is 126 Å². The van der Waals surface area contributed by atoms with Gasteiger partial charge in [-0.2, -0.15) is 10.5 Å². The topological polar surface area (TPSA) is 111 Å². The summed E-state index contributed by atoms with van der Waals surface area (Å²) >= 11 is 5.89. The van der Waals surface area contributed by atoms with Crippen molar-refractivity contribution in [3.63, 3.8) is 0 Å². The van der Waals surface area contributed by atoms with Crippen LogP contribution in [0.4, 0.5) is 5.69 Å². The maximum Gasteiger partial charge on any atom is 0.288 e. The van der Waals surface area contributed by atoms with Crippen molar-refractivity contribution in [2.75, 3.05) is 13.1 Å². The number of halogens is 1. The lowest BCUT2D eigenvalue weighted by Gasteiger charge is -2.20. The SMILES string of the molecule is N#CCCN(CCC#N)C(=O)c1cccc([N+](=O)[O-])c1Cl. The first-order valence-corrected chi connectivity index (χ1v) is 6.36. The number of nitro groups is 1. The summed E-state index contributed by atoms with van der Waals surface area (Å²) in [7, 11) is 0. The van der Waals surface area contributed by atoms with Crippen molar-refractivity contribution in [1.82, 2.24) is 4.90 Å². The highest BCUT2D eigenvalue weighted by Gasteiger charge is 2.23. The molecule has 0 saturated heterocycles. The zero-order chi connectivity index (χ0) is 15.8. The van der Waals surface area contributed by atoms with Gasteiger partial charge in [-0.25, -0.2) is 0 Å². The lowest BCUT2D eigenvalue weighted by molar-refractivity contribution is -0.384. The van der Waals surface area contributed by atoms with E-state index in [1.165, 1.54) is 23.1 Å². The van der Waals surface area contributed by atoms with Gasteiger partial charge in [-0.3, -0.25) is 14.9 Å². The van der Waals surface area contributed by atoms with Crippen LogP contribution >= 0.6 is 11.6 Å². The number of nitrogens with zero attached hydrogens (tertiary/aromatic N) is 4. The number of rotatable bonds is 6. The Bertz CT molecular complexity index is 615. The normalized spacial score (nSPS) is 9.48. The molecule has 0 atom stereocenters. The average molecular weight is 307 g/mol. The van der Waals surface area contributed by atoms with Gasteiger partial charge in [0.2, 0.25) is 0 Å². The van der Waals surface area contributed by atoms with E-state index in [0.717, 1.165) is 0 Å². The molecule has 8 heteroatoms. The summed E-state index contributed by atoms with van der Waals surface area (Å²) in [6.45, 7) is 0.270. The van der Waals surface area contributed by atoms with Gasteiger partial charge < -0.3 is 4.90 Å². The second-order valence-corrected chi connectivity index (χ2v) is 4.38. The van der Waals surface area contributed by atoms with Crippen molar-refractivity contribution in [1.29, 1.82) is 10.5 Å². The van der Waals surface area contributed by atoms with Crippen LogP contribution in [-0.2, 0) is 0 Å². The van der Waals surface area contributed by atoms with Gasteiger partial charge in [0.05, 0.1) is 35.5 Å². The number of nitro benzene ring substituents is 1. The molecule has 0 aliphatic rings. The lowest BCUT2D eigenvalue weighted by atomic mass is 10.1. The van der Waals surface area contributed by atoms with Crippen LogP contribution in [0.1, 0.15) is 23.2 Å². The predicted octanol–water partition coefficient (Wildman–Crippen LogP) is 2.52. The molecule has 1 rings (SSSR count). The highest BCUT2D eigenvalue weighted by molar-refractivity contribution is 6.35. The molecule has 0 unspecified atom stereocenters. The first kappa shape index (κ1) is 16.4. The van der Waals surface area contributed by atoms with Crippen LogP contribution in [0, 0.1) is 32.8 Å². The molecule has 0 aliphatic heterocycles. The van der Waals surface area contributed by atoms with Gasteiger partial charge in [-0.15, -0.1) is 0 Å². The third kappa shape index (κ3) is 4.16. The van der Waals surface area contributed by atoms with Crippen LogP contribution in [0.5, 0.6) is 0 Å². The van der Waals surface area contributed by atoms with Crippen molar-refractivity contribution in [2.24, 2.45) is 0 Å². The van der Waals surface area contributed by atoms with E-state index in [1.54, 1.807) is 0 Å².